The highest BCUT2D eigenvalue weighted by Crippen LogP contribution is 2.17. The molecular formula is C13H22N6O2. The Hall–Kier alpha value is -1.96. The number of piperazine rings is 1. The molecule has 1 aliphatic rings. The van der Waals surface area contributed by atoms with Gasteiger partial charge in [0.25, 0.3) is 5.91 Å². The summed E-state index contributed by atoms with van der Waals surface area (Å²) in [6, 6.07) is 0. The van der Waals surface area contributed by atoms with E-state index in [1.165, 1.54) is 0 Å². The first-order chi connectivity index (χ1) is 9.88. The molecule has 0 spiro atoms. The Bertz CT molecular complexity index is 513. The molecule has 21 heavy (non-hydrogen) atoms. The van der Waals surface area contributed by atoms with E-state index in [0.717, 1.165) is 13.1 Å². The third kappa shape index (κ3) is 4.01. The molecule has 2 rings (SSSR count). The third-order valence-electron chi connectivity index (χ3n) is 3.27. The summed E-state index contributed by atoms with van der Waals surface area (Å²) in [4.78, 5) is 29.8. The number of nitrogens with zero attached hydrogens (tertiary/aromatic N) is 3. The predicted molar refractivity (Wildman–Crippen MR) is 76.9 cm³/mol. The van der Waals surface area contributed by atoms with Gasteiger partial charge in [-0.3, -0.25) is 14.7 Å². The predicted octanol–water partition coefficient (Wildman–Crippen LogP) is -0.736. The summed E-state index contributed by atoms with van der Waals surface area (Å²) in [6.07, 6.45) is 0. The van der Waals surface area contributed by atoms with Crippen LogP contribution >= 0.6 is 0 Å². The fraction of sp³-hybridized carbons (Fsp3) is 0.692. The first-order valence-electron chi connectivity index (χ1n) is 7.07. The van der Waals surface area contributed by atoms with Gasteiger partial charge in [-0.25, -0.2) is 4.98 Å². The van der Waals surface area contributed by atoms with Gasteiger partial charge >= 0.3 is 0 Å². The molecule has 8 heteroatoms. The Morgan fingerprint density at radius 2 is 1.95 bits per heavy atom. The van der Waals surface area contributed by atoms with Crippen LogP contribution in [-0.2, 0) is 10.2 Å². The maximum atomic E-state index is 11.9. The van der Waals surface area contributed by atoms with E-state index in [1.807, 2.05) is 20.8 Å². The molecule has 1 aromatic rings. The number of carbonyl (C=O) groups excluding carboxylic acids is 2. The number of carbonyl (C=O) groups is 2. The average Bonchev–Trinajstić information content (AvgIpc) is 2.95. The van der Waals surface area contributed by atoms with Crippen molar-refractivity contribution in [1.29, 1.82) is 0 Å². The van der Waals surface area contributed by atoms with E-state index in [2.05, 4.69) is 25.8 Å². The number of rotatable bonds is 3. The molecule has 1 fully saturated rings. The maximum Gasteiger partial charge on any atom is 0.291 e. The maximum absolute atomic E-state index is 11.9. The Balaban J connectivity index is 1.86. The highest BCUT2D eigenvalue weighted by molar-refractivity contribution is 5.93. The van der Waals surface area contributed by atoms with Crippen molar-refractivity contribution in [3.05, 3.63) is 11.6 Å². The molecule has 116 valence electrons. The molecule has 0 atom stereocenters. The molecule has 3 N–H and O–H groups in total. The molecule has 1 aliphatic heterocycles. The average molecular weight is 294 g/mol. The Labute approximate surface area is 123 Å². The number of nitrogens with one attached hydrogen (secondary N) is 3. The SMILES string of the molecule is CC(C)(C)c1nc(C(=O)NCC(=O)N2CCNCC2)n[nH]1. The van der Waals surface area contributed by atoms with Gasteiger partial charge in [0.15, 0.2) is 0 Å². The first-order valence-corrected chi connectivity index (χ1v) is 7.07. The minimum absolute atomic E-state index is 0.0295. The number of H-pyrrole nitrogens is 1. The number of hydrogen-bond acceptors (Lipinski definition) is 5. The molecule has 2 heterocycles. The molecule has 2 amide bonds. The van der Waals surface area contributed by atoms with Gasteiger partial charge in [0, 0.05) is 31.6 Å². The molecule has 0 aliphatic carbocycles. The number of amides is 2. The highest BCUT2D eigenvalue weighted by Gasteiger charge is 2.22. The second-order valence-corrected chi connectivity index (χ2v) is 6.07. The molecule has 0 bridgehead atoms. The Morgan fingerprint density at radius 1 is 1.29 bits per heavy atom. The molecule has 8 nitrogen and oxygen atoms in total. The van der Waals surface area contributed by atoms with Crippen LogP contribution in [0.25, 0.3) is 0 Å². The zero-order valence-corrected chi connectivity index (χ0v) is 12.7. The van der Waals surface area contributed by atoms with Crippen molar-refractivity contribution in [3.63, 3.8) is 0 Å². The number of aromatic nitrogens is 3. The van der Waals surface area contributed by atoms with Gasteiger partial charge in [-0.15, -0.1) is 5.10 Å². The molecule has 0 saturated carbocycles. The van der Waals surface area contributed by atoms with Crippen LogP contribution in [-0.4, -0.2) is 64.6 Å². The standard InChI is InChI=1S/C13H22N6O2/c1-13(2,3)12-16-10(17-18-12)11(21)15-8-9(20)19-6-4-14-5-7-19/h14H,4-8H2,1-3H3,(H,15,21)(H,16,17,18). The van der Waals surface area contributed by atoms with E-state index < -0.39 is 5.91 Å². The lowest BCUT2D eigenvalue weighted by atomic mass is 9.96. The fourth-order valence-corrected chi connectivity index (χ4v) is 1.96. The van der Waals surface area contributed by atoms with Crippen LogP contribution in [0.3, 0.4) is 0 Å². The van der Waals surface area contributed by atoms with Crippen molar-refractivity contribution in [2.75, 3.05) is 32.7 Å². The van der Waals surface area contributed by atoms with Crippen LogP contribution in [0.4, 0.5) is 0 Å². The largest absolute Gasteiger partial charge is 0.340 e. The van der Waals surface area contributed by atoms with Crippen LogP contribution < -0.4 is 10.6 Å². The van der Waals surface area contributed by atoms with Crippen molar-refractivity contribution in [3.8, 4) is 0 Å². The summed E-state index contributed by atoms with van der Waals surface area (Å²) in [5.74, 6) is 0.177. The number of hydrogen-bond donors (Lipinski definition) is 3. The zero-order valence-electron chi connectivity index (χ0n) is 12.7. The van der Waals surface area contributed by atoms with E-state index in [4.69, 9.17) is 0 Å². The van der Waals surface area contributed by atoms with E-state index >= 15 is 0 Å². The van der Waals surface area contributed by atoms with E-state index in [1.54, 1.807) is 4.90 Å². The lowest BCUT2D eigenvalue weighted by molar-refractivity contribution is -0.130. The molecule has 1 aromatic heterocycles. The van der Waals surface area contributed by atoms with Crippen LogP contribution in [0, 0.1) is 0 Å². The second-order valence-electron chi connectivity index (χ2n) is 6.07. The summed E-state index contributed by atoms with van der Waals surface area (Å²) in [7, 11) is 0. The Kier molecular flexibility index (Phi) is 4.56. The highest BCUT2D eigenvalue weighted by atomic mass is 16.2. The topological polar surface area (TPSA) is 103 Å². The molecule has 0 unspecified atom stereocenters. The van der Waals surface area contributed by atoms with Crippen molar-refractivity contribution in [2.45, 2.75) is 26.2 Å². The van der Waals surface area contributed by atoms with E-state index in [-0.39, 0.29) is 23.7 Å². The molecule has 0 aromatic carbocycles. The van der Waals surface area contributed by atoms with E-state index in [9.17, 15) is 9.59 Å². The fourth-order valence-electron chi connectivity index (χ4n) is 1.96. The minimum Gasteiger partial charge on any atom is -0.340 e. The summed E-state index contributed by atoms with van der Waals surface area (Å²) in [5, 5.41) is 12.4. The van der Waals surface area contributed by atoms with Gasteiger partial charge in [0.05, 0.1) is 6.54 Å². The molecule has 0 radical (unpaired) electrons. The summed E-state index contributed by atoms with van der Waals surface area (Å²) in [5.41, 5.74) is -0.206. The van der Waals surface area contributed by atoms with Gasteiger partial charge in [-0.2, -0.15) is 0 Å². The molecule has 1 saturated heterocycles. The van der Waals surface area contributed by atoms with Gasteiger partial charge < -0.3 is 15.5 Å². The van der Waals surface area contributed by atoms with E-state index in [0.29, 0.717) is 18.9 Å². The van der Waals surface area contributed by atoms with Crippen LogP contribution in [0.15, 0.2) is 0 Å². The lowest BCUT2D eigenvalue weighted by Crippen LogP contribution is -2.49. The van der Waals surface area contributed by atoms with Crippen molar-refractivity contribution in [2.24, 2.45) is 0 Å². The van der Waals surface area contributed by atoms with Gasteiger partial charge in [-0.1, -0.05) is 20.8 Å². The van der Waals surface area contributed by atoms with Gasteiger partial charge in [-0.05, 0) is 0 Å². The van der Waals surface area contributed by atoms with Crippen LogP contribution in [0.5, 0.6) is 0 Å². The van der Waals surface area contributed by atoms with Crippen molar-refractivity contribution < 1.29 is 9.59 Å². The van der Waals surface area contributed by atoms with Crippen molar-refractivity contribution in [1.82, 2.24) is 30.7 Å². The van der Waals surface area contributed by atoms with Crippen LogP contribution in [0.1, 0.15) is 37.2 Å². The first kappa shape index (κ1) is 15.4. The summed E-state index contributed by atoms with van der Waals surface area (Å²) in [6.45, 7) is 8.81. The smallest absolute Gasteiger partial charge is 0.291 e. The monoisotopic (exact) mass is 294 g/mol. The minimum atomic E-state index is -0.440. The zero-order chi connectivity index (χ0) is 15.5. The Morgan fingerprint density at radius 3 is 2.52 bits per heavy atom. The third-order valence-corrected chi connectivity index (χ3v) is 3.27. The summed E-state index contributed by atoms with van der Waals surface area (Å²) >= 11 is 0. The quantitative estimate of drug-likeness (QED) is 0.681. The van der Waals surface area contributed by atoms with Crippen molar-refractivity contribution >= 4 is 11.8 Å². The van der Waals surface area contributed by atoms with Crippen LogP contribution in [0.2, 0.25) is 0 Å². The molecular weight excluding hydrogens is 272 g/mol. The summed E-state index contributed by atoms with van der Waals surface area (Å²) < 4.78 is 0. The van der Waals surface area contributed by atoms with Gasteiger partial charge in [0.1, 0.15) is 5.82 Å². The normalized spacial score (nSPS) is 15.9. The van der Waals surface area contributed by atoms with Gasteiger partial charge in [0.2, 0.25) is 11.7 Å². The lowest BCUT2D eigenvalue weighted by Gasteiger charge is -2.27. The number of aromatic amines is 1. The second kappa shape index (κ2) is 6.21.